The molecule has 0 aliphatic heterocycles. The molecule has 0 saturated carbocycles. The molecule has 0 rings (SSSR count). The third-order valence-electron chi connectivity index (χ3n) is 1.04. The van der Waals surface area contributed by atoms with Crippen molar-refractivity contribution in [2.45, 2.75) is 6.92 Å². The molecule has 68 valence electrons. The first-order valence-electron chi connectivity index (χ1n) is 3.09. The maximum absolute atomic E-state index is 10.8. The Kier molecular flexibility index (Phi) is 4.23. The van der Waals surface area contributed by atoms with E-state index in [0.717, 1.165) is 0 Å². The molecule has 0 spiro atoms. The number of hydrogen-bond acceptors (Lipinski definition) is 2. The fraction of sp³-hybridized carbons (Fsp3) is 0.143. The third-order valence-corrected chi connectivity index (χ3v) is 2.20. The van der Waals surface area contributed by atoms with Crippen LogP contribution in [-0.4, -0.2) is 8.42 Å². The highest BCUT2D eigenvalue weighted by Crippen LogP contribution is 2.06. The van der Waals surface area contributed by atoms with Gasteiger partial charge < -0.3 is 0 Å². The Balaban J connectivity index is 4.77. The van der Waals surface area contributed by atoms with Crippen molar-refractivity contribution in [2.24, 2.45) is 5.14 Å². The van der Waals surface area contributed by atoms with Gasteiger partial charge in [-0.15, -0.1) is 0 Å². The van der Waals surface area contributed by atoms with Crippen LogP contribution in [0.25, 0.3) is 0 Å². The van der Waals surface area contributed by atoms with Crippen molar-refractivity contribution >= 4 is 21.6 Å². The third kappa shape index (κ3) is 4.33. The summed E-state index contributed by atoms with van der Waals surface area (Å²) in [7, 11) is -3.64. The number of allylic oxidation sites excluding steroid dienone is 4. The first-order chi connectivity index (χ1) is 5.38. The molecule has 0 aliphatic carbocycles. The van der Waals surface area contributed by atoms with Gasteiger partial charge in [-0.25, -0.2) is 13.6 Å². The molecule has 2 N–H and O–H groups in total. The van der Waals surface area contributed by atoms with Crippen LogP contribution in [0.1, 0.15) is 6.92 Å². The maximum atomic E-state index is 10.8. The molecule has 0 aromatic rings. The summed E-state index contributed by atoms with van der Waals surface area (Å²) in [5.74, 6) is 0. The van der Waals surface area contributed by atoms with E-state index in [-0.39, 0.29) is 9.94 Å². The molecule has 0 bridgehead atoms. The molecule has 0 aromatic heterocycles. The lowest BCUT2D eigenvalue weighted by molar-refractivity contribution is 0.604. The summed E-state index contributed by atoms with van der Waals surface area (Å²) < 4.78 is 21.5. The Hall–Kier alpha value is -0.580. The molecule has 5 heteroatoms. The van der Waals surface area contributed by atoms with Gasteiger partial charge in [-0.05, 0) is 19.1 Å². The quantitative estimate of drug-likeness (QED) is 0.713. The average molecular weight is 208 g/mol. The minimum Gasteiger partial charge on any atom is -0.225 e. The van der Waals surface area contributed by atoms with E-state index in [2.05, 4.69) is 6.58 Å². The molecule has 0 heterocycles. The van der Waals surface area contributed by atoms with Gasteiger partial charge >= 0.3 is 0 Å². The molecule has 12 heavy (non-hydrogen) atoms. The van der Waals surface area contributed by atoms with Gasteiger partial charge in [-0.2, -0.15) is 0 Å². The number of halogens is 1. The number of sulfonamides is 1. The highest BCUT2D eigenvalue weighted by Gasteiger charge is 2.05. The van der Waals surface area contributed by atoms with Crippen LogP contribution in [-0.2, 0) is 10.0 Å². The monoisotopic (exact) mass is 207 g/mol. The molecule has 0 radical (unpaired) electrons. The van der Waals surface area contributed by atoms with Crippen molar-refractivity contribution in [2.75, 3.05) is 0 Å². The second-order valence-electron chi connectivity index (χ2n) is 2.02. The van der Waals surface area contributed by atoms with Crippen LogP contribution < -0.4 is 5.14 Å². The van der Waals surface area contributed by atoms with Gasteiger partial charge in [-0.3, -0.25) is 0 Å². The summed E-state index contributed by atoms with van der Waals surface area (Å²) in [6.45, 7) is 4.93. The first-order valence-corrected chi connectivity index (χ1v) is 5.02. The second kappa shape index (κ2) is 4.45. The lowest BCUT2D eigenvalue weighted by atomic mass is 10.4. The van der Waals surface area contributed by atoms with Gasteiger partial charge in [0.15, 0.2) is 0 Å². The minimum atomic E-state index is -3.64. The molecule has 0 aliphatic rings. The Morgan fingerprint density at radius 3 is 2.25 bits per heavy atom. The summed E-state index contributed by atoms with van der Waals surface area (Å²) in [4.78, 5) is 0.0179. The summed E-state index contributed by atoms with van der Waals surface area (Å²) >= 11 is 5.38. The summed E-state index contributed by atoms with van der Waals surface area (Å²) in [6, 6.07) is 0. The van der Waals surface area contributed by atoms with Crippen molar-refractivity contribution in [3.8, 4) is 0 Å². The van der Waals surface area contributed by atoms with E-state index >= 15 is 0 Å². The molecule has 0 saturated heterocycles. The highest BCUT2D eigenvalue weighted by atomic mass is 35.5. The van der Waals surface area contributed by atoms with Crippen molar-refractivity contribution in [3.05, 3.63) is 34.7 Å². The van der Waals surface area contributed by atoms with E-state index < -0.39 is 10.0 Å². The van der Waals surface area contributed by atoms with E-state index in [4.69, 9.17) is 16.7 Å². The summed E-state index contributed by atoms with van der Waals surface area (Å²) in [6.07, 6.45) is 4.04. The fourth-order valence-electron chi connectivity index (χ4n) is 0.528. The lowest BCUT2D eigenvalue weighted by Gasteiger charge is -1.95. The zero-order valence-electron chi connectivity index (χ0n) is 6.62. The number of rotatable bonds is 3. The van der Waals surface area contributed by atoms with Crippen LogP contribution >= 0.6 is 11.6 Å². The maximum Gasteiger partial charge on any atom is 0.237 e. The fourth-order valence-corrected chi connectivity index (χ4v) is 1.18. The normalized spacial score (nSPS) is 13.8. The molecule has 0 aromatic carbocycles. The van der Waals surface area contributed by atoms with E-state index in [1.807, 2.05) is 0 Å². The van der Waals surface area contributed by atoms with Gasteiger partial charge in [0.2, 0.25) is 10.0 Å². The van der Waals surface area contributed by atoms with E-state index in [1.165, 1.54) is 18.2 Å². The Bertz CT molecular complexity index is 327. The van der Waals surface area contributed by atoms with Gasteiger partial charge in [0.25, 0.3) is 0 Å². The molecule has 0 unspecified atom stereocenters. The number of hydrogen-bond donors (Lipinski definition) is 1. The van der Waals surface area contributed by atoms with Crippen molar-refractivity contribution < 1.29 is 8.42 Å². The standard InChI is InChI=1S/C7H10ClNO2S/c1-3-7(12(9,10)11)5-4-6(2)8/h3-5H,2H2,1H3,(H2,9,10,11)/b5-4-,7-3+. The zero-order chi connectivity index (χ0) is 9.78. The first kappa shape index (κ1) is 11.4. The number of primary sulfonamides is 1. The summed E-state index contributed by atoms with van der Waals surface area (Å²) in [5, 5.41) is 5.10. The van der Waals surface area contributed by atoms with Crippen molar-refractivity contribution in [1.29, 1.82) is 0 Å². The van der Waals surface area contributed by atoms with E-state index in [9.17, 15) is 8.42 Å². The van der Waals surface area contributed by atoms with Crippen LogP contribution in [0.5, 0.6) is 0 Å². The van der Waals surface area contributed by atoms with Crippen LogP contribution in [0.4, 0.5) is 0 Å². The SMILES string of the molecule is C=C(Cl)/C=C\C(=C/C)S(N)(=O)=O. The van der Waals surface area contributed by atoms with Gasteiger partial charge in [0, 0.05) is 5.03 Å². The second-order valence-corrected chi connectivity index (χ2v) is 4.06. The van der Waals surface area contributed by atoms with Crippen molar-refractivity contribution in [3.63, 3.8) is 0 Å². The van der Waals surface area contributed by atoms with Crippen LogP contribution in [0, 0.1) is 0 Å². The topological polar surface area (TPSA) is 60.2 Å². The minimum absolute atomic E-state index is 0.0179. The molecule has 0 amide bonds. The Morgan fingerprint density at radius 1 is 1.50 bits per heavy atom. The van der Waals surface area contributed by atoms with Gasteiger partial charge in [0.1, 0.15) is 0 Å². The largest absolute Gasteiger partial charge is 0.237 e. The van der Waals surface area contributed by atoms with Gasteiger partial charge in [0.05, 0.1) is 4.91 Å². The average Bonchev–Trinajstić information content (AvgIpc) is 1.85. The predicted molar refractivity (Wildman–Crippen MR) is 51.0 cm³/mol. The van der Waals surface area contributed by atoms with Crippen molar-refractivity contribution in [1.82, 2.24) is 0 Å². The van der Waals surface area contributed by atoms with Crippen LogP contribution in [0.2, 0.25) is 0 Å². The Labute approximate surface area is 77.3 Å². The number of nitrogens with two attached hydrogens (primary N) is 1. The lowest BCUT2D eigenvalue weighted by Crippen LogP contribution is -2.13. The summed E-state index contributed by atoms with van der Waals surface area (Å²) in [5.41, 5.74) is 0. The smallest absolute Gasteiger partial charge is 0.225 e. The molecule has 0 atom stereocenters. The molecular weight excluding hydrogens is 198 g/mol. The highest BCUT2D eigenvalue weighted by molar-refractivity contribution is 7.93. The molecular formula is C7H10ClNO2S. The predicted octanol–water partition coefficient (Wildman–Crippen LogP) is 1.49. The Morgan fingerprint density at radius 2 is 2.00 bits per heavy atom. The van der Waals surface area contributed by atoms with E-state index in [1.54, 1.807) is 6.92 Å². The molecule has 0 fully saturated rings. The van der Waals surface area contributed by atoms with Crippen LogP contribution in [0.15, 0.2) is 34.7 Å². The van der Waals surface area contributed by atoms with Crippen LogP contribution in [0.3, 0.4) is 0 Å². The van der Waals surface area contributed by atoms with E-state index in [0.29, 0.717) is 0 Å². The zero-order valence-corrected chi connectivity index (χ0v) is 8.19. The van der Waals surface area contributed by atoms with Gasteiger partial charge in [-0.1, -0.05) is 24.3 Å². The molecule has 3 nitrogen and oxygen atoms in total.